The summed E-state index contributed by atoms with van der Waals surface area (Å²) < 4.78 is 39.9. The van der Waals surface area contributed by atoms with Gasteiger partial charge in [0.1, 0.15) is 5.69 Å². The van der Waals surface area contributed by atoms with E-state index in [4.69, 9.17) is 0 Å². The highest BCUT2D eigenvalue weighted by molar-refractivity contribution is 9.10. The first-order chi connectivity index (χ1) is 9.34. The average Bonchev–Trinajstić information content (AvgIpc) is 2.78. The summed E-state index contributed by atoms with van der Waals surface area (Å²) >= 11 is 3.19. The Morgan fingerprint density at radius 2 is 2.10 bits per heavy atom. The molecule has 0 aliphatic heterocycles. The Morgan fingerprint density at radius 1 is 1.40 bits per heavy atom. The van der Waals surface area contributed by atoms with Crippen LogP contribution < -0.4 is 0 Å². The Kier molecular flexibility index (Phi) is 3.99. The van der Waals surface area contributed by atoms with Crippen molar-refractivity contribution in [1.82, 2.24) is 9.78 Å². The van der Waals surface area contributed by atoms with Crippen LogP contribution >= 0.6 is 15.9 Å². The predicted octanol–water partition coefficient (Wildman–Crippen LogP) is 3.92. The first-order valence-corrected chi connectivity index (χ1v) is 6.57. The molecule has 1 aromatic carbocycles. The van der Waals surface area contributed by atoms with E-state index >= 15 is 0 Å². The number of hydrogen-bond donors (Lipinski definition) is 0. The third-order valence-electron chi connectivity index (χ3n) is 2.76. The zero-order valence-corrected chi connectivity index (χ0v) is 12.0. The molecule has 0 amide bonds. The second-order valence-corrected chi connectivity index (χ2v) is 4.92. The van der Waals surface area contributed by atoms with E-state index in [-0.39, 0.29) is 11.3 Å². The third-order valence-corrected chi connectivity index (χ3v) is 3.34. The smallest absolute Gasteiger partial charge is 0.287 e. The fraction of sp³-hybridized carbons (Fsp3) is 0.231. The number of nitrogens with zero attached hydrogens (tertiary/aromatic N) is 2. The van der Waals surface area contributed by atoms with Gasteiger partial charge in [-0.05, 0) is 35.0 Å². The van der Waals surface area contributed by atoms with E-state index in [2.05, 4.69) is 21.0 Å². The molecule has 0 N–H and O–H groups in total. The summed E-state index contributed by atoms with van der Waals surface area (Å²) in [5.74, 6) is -0.498. The lowest BCUT2D eigenvalue weighted by Gasteiger charge is -2.09. The lowest BCUT2D eigenvalue weighted by atomic mass is 10.0. The van der Waals surface area contributed by atoms with Crippen LogP contribution in [0.2, 0.25) is 0 Å². The van der Waals surface area contributed by atoms with Crippen molar-refractivity contribution in [2.45, 2.75) is 19.6 Å². The molecule has 0 aliphatic rings. The number of ketones is 1. The molecule has 0 bridgehead atoms. The fourth-order valence-electron chi connectivity index (χ4n) is 1.80. The molecule has 0 spiro atoms. The maximum Gasteiger partial charge on any atom is 0.416 e. The number of hydrogen-bond acceptors (Lipinski definition) is 2. The van der Waals surface area contributed by atoms with Gasteiger partial charge >= 0.3 is 6.18 Å². The molecule has 1 heterocycles. The molecule has 7 heteroatoms. The Hall–Kier alpha value is -1.63. The van der Waals surface area contributed by atoms with Gasteiger partial charge in [-0.3, -0.25) is 9.48 Å². The molecule has 0 aliphatic carbocycles. The Morgan fingerprint density at radius 3 is 2.70 bits per heavy atom. The van der Waals surface area contributed by atoms with Crippen molar-refractivity contribution >= 4 is 21.7 Å². The molecular weight excluding hydrogens is 337 g/mol. The van der Waals surface area contributed by atoms with Crippen molar-refractivity contribution in [2.75, 3.05) is 0 Å². The van der Waals surface area contributed by atoms with Crippen LogP contribution in [0.1, 0.15) is 28.5 Å². The third kappa shape index (κ3) is 2.77. The van der Waals surface area contributed by atoms with Gasteiger partial charge in [0.2, 0.25) is 5.78 Å². The number of rotatable bonds is 3. The van der Waals surface area contributed by atoms with E-state index in [1.807, 2.05) is 0 Å². The van der Waals surface area contributed by atoms with Crippen LogP contribution in [0.5, 0.6) is 0 Å². The molecule has 0 saturated heterocycles. The first-order valence-electron chi connectivity index (χ1n) is 5.78. The van der Waals surface area contributed by atoms with E-state index in [0.717, 1.165) is 12.1 Å². The highest BCUT2D eigenvalue weighted by Crippen LogP contribution is 2.30. The van der Waals surface area contributed by atoms with Gasteiger partial charge in [0, 0.05) is 12.1 Å². The molecular formula is C13H10BrF3N2O. The normalized spacial score (nSPS) is 11.7. The van der Waals surface area contributed by atoms with Gasteiger partial charge in [-0.2, -0.15) is 18.3 Å². The van der Waals surface area contributed by atoms with Crippen LogP contribution in [-0.2, 0) is 12.7 Å². The lowest BCUT2D eigenvalue weighted by Crippen LogP contribution is -2.13. The number of carbonyl (C=O) groups is 1. The minimum atomic E-state index is -4.47. The Labute approximate surface area is 121 Å². The molecule has 0 unspecified atom stereocenters. The van der Waals surface area contributed by atoms with E-state index < -0.39 is 17.5 Å². The van der Waals surface area contributed by atoms with Gasteiger partial charge in [0.25, 0.3) is 0 Å². The highest BCUT2D eigenvalue weighted by atomic mass is 79.9. The van der Waals surface area contributed by atoms with Crippen LogP contribution in [0.25, 0.3) is 0 Å². The van der Waals surface area contributed by atoms with Crippen LogP contribution in [0.15, 0.2) is 34.9 Å². The maximum atomic E-state index is 12.7. The maximum absolute atomic E-state index is 12.7. The summed E-state index contributed by atoms with van der Waals surface area (Å²) in [7, 11) is 0. The minimum absolute atomic E-state index is 0.0178. The van der Waals surface area contributed by atoms with Crippen LogP contribution in [-0.4, -0.2) is 15.6 Å². The Balaban J connectivity index is 2.46. The van der Waals surface area contributed by atoms with Crippen LogP contribution in [0.4, 0.5) is 13.2 Å². The first kappa shape index (κ1) is 14.8. The molecule has 2 aromatic rings. The SMILES string of the molecule is CCn1ncc(Br)c1C(=O)c1cccc(C(F)(F)F)c1. The van der Waals surface area contributed by atoms with Gasteiger partial charge in [-0.15, -0.1) is 0 Å². The summed E-state index contributed by atoms with van der Waals surface area (Å²) in [4.78, 5) is 12.3. The molecule has 0 radical (unpaired) electrons. The number of alkyl halides is 3. The van der Waals surface area contributed by atoms with Crippen molar-refractivity contribution < 1.29 is 18.0 Å². The second kappa shape index (κ2) is 5.40. The Bertz CT molecular complexity index is 649. The van der Waals surface area contributed by atoms with Crippen LogP contribution in [0, 0.1) is 0 Å². The molecule has 0 saturated carbocycles. The van der Waals surface area contributed by atoms with Crippen molar-refractivity contribution in [2.24, 2.45) is 0 Å². The van der Waals surface area contributed by atoms with E-state index in [1.54, 1.807) is 6.92 Å². The molecule has 0 fully saturated rings. The van der Waals surface area contributed by atoms with Crippen molar-refractivity contribution in [3.05, 3.63) is 51.8 Å². The van der Waals surface area contributed by atoms with Gasteiger partial charge < -0.3 is 0 Å². The average molecular weight is 347 g/mol. The highest BCUT2D eigenvalue weighted by Gasteiger charge is 2.31. The van der Waals surface area contributed by atoms with E-state index in [0.29, 0.717) is 11.0 Å². The molecule has 20 heavy (non-hydrogen) atoms. The van der Waals surface area contributed by atoms with Gasteiger partial charge in [-0.25, -0.2) is 0 Å². The number of carbonyl (C=O) groups excluding carboxylic acids is 1. The summed E-state index contributed by atoms with van der Waals surface area (Å²) in [6.07, 6.45) is -3.02. The summed E-state index contributed by atoms with van der Waals surface area (Å²) in [5.41, 5.74) is -0.621. The van der Waals surface area contributed by atoms with Gasteiger partial charge in [-0.1, -0.05) is 12.1 Å². The summed E-state index contributed by atoms with van der Waals surface area (Å²) in [6.45, 7) is 2.24. The molecule has 3 nitrogen and oxygen atoms in total. The largest absolute Gasteiger partial charge is 0.416 e. The number of halogens is 4. The topological polar surface area (TPSA) is 34.9 Å². The second-order valence-electron chi connectivity index (χ2n) is 4.06. The molecule has 0 atom stereocenters. The lowest BCUT2D eigenvalue weighted by molar-refractivity contribution is -0.137. The van der Waals surface area contributed by atoms with Crippen molar-refractivity contribution in [3.8, 4) is 0 Å². The van der Waals surface area contributed by atoms with E-state index in [9.17, 15) is 18.0 Å². The standard InChI is InChI=1S/C13H10BrF3N2O/c1-2-19-11(10(14)7-18-19)12(20)8-4-3-5-9(6-8)13(15,16)17/h3-7H,2H2,1H3. The van der Waals surface area contributed by atoms with Crippen molar-refractivity contribution in [3.63, 3.8) is 0 Å². The molecule has 2 rings (SSSR count). The zero-order chi connectivity index (χ0) is 14.9. The van der Waals surface area contributed by atoms with Crippen molar-refractivity contribution in [1.29, 1.82) is 0 Å². The minimum Gasteiger partial charge on any atom is -0.287 e. The van der Waals surface area contributed by atoms with Gasteiger partial charge in [0.15, 0.2) is 0 Å². The molecule has 1 aromatic heterocycles. The summed E-state index contributed by atoms with van der Waals surface area (Å²) in [5, 5.41) is 3.98. The number of benzene rings is 1. The summed E-state index contributed by atoms with van der Waals surface area (Å²) in [6, 6.07) is 4.36. The predicted molar refractivity (Wildman–Crippen MR) is 70.5 cm³/mol. The monoisotopic (exact) mass is 346 g/mol. The zero-order valence-electron chi connectivity index (χ0n) is 10.4. The fourth-order valence-corrected chi connectivity index (χ4v) is 2.28. The number of aromatic nitrogens is 2. The number of aryl methyl sites for hydroxylation is 1. The van der Waals surface area contributed by atoms with E-state index in [1.165, 1.54) is 23.0 Å². The van der Waals surface area contributed by atoms with Gasteiger partial charge in [0.05, 0.1) is 16.2 Å². The van der Waals surface area contributed by atoms with Crippen LogP contribution in [0.3, 0.4) is 0 Å². The molecule has 106 valence electrons. The quantitative estimate of drug-likeness (QED) is 0.789.